The Kier molecular flexibility index (Phi) is 5.65. The molecule has 0 aliphatic heterocycles. The topological polar surface area (TPSA) is 41.6 Å². The Balaban J connectivity index is 2.52. The van der Waals surface area contributed by atoms with Gasteiger partial charge in [0.2, 0.25) is 0 Å². The van der Waals surface area contributed by atoms with Gasteiger partial charge in [0.15, 0.2) is 6.61 Å². The molecule has 1 aromatic rings. The smallest absolute Gasteiger partial charge is 0.259 e. The molecule has 4 nitrogen and oxygen atoms in total. The lowest BCUT2D eigenvalue weighted by atomic mass is 10.1. The lowest BCUT2D eigenvalue weighted by Crippen LogP contribution is -2.27. The summed E-state index contributed by atoms with van der Waals surface area (Å²) in [5, 5.41) is 3.34. The predicted molar refractivity (Wildman–Crippen MR) is 72.7 cm³/mol. The summed E-state index contributed by atoms with van der Waals surface area (Å²) in [6.45, 7) is 5.22. The van der Waals surface area contributed by atoms with E-state index in [1.165, 1.54) is 10.5 Å². The molecule has 4 heteroatoms. The Bertz CT molecular complexity index is 374. The van der Waals surface area contributed by atoms with Gasteiger partial charge < -0.3 is 15.0 Å². The van der Waals surface area contributed by atoms with E-state index in [1.807, 2.05) is 24.3 Å². The van der Waals surface area contributed by atoms with Crippen molar-refractivity contribution in [1.82, 2.24) is 10.2 Å². The van der Waals surface area contributed by atoms with Crippen LogP contribution in [-0.4, -0.2) is 38.1 Å². The van der Waals surface area contributed by atoms with Gasteiger partial charge in [0.05, 0.1) is 0 Å². The first-order valence-corrected chi connectivity index (χ1v) is 6.21. The molecule has 1 unspecified atom stereocenters. The van der Waals surface area contributed by atoms with Gasteiger partial charge in [0.1, 0.15) is 5.75 Å². The highest BCUT2D eigenvalue weighted by atomic mass is 16.5. The molecule has 1 amide bonds. The van der Waals surface area contributed by atoms with Crippen molar-refractivity contribution in [2.45, 2.75) is 19.9 Å². The molecule has 1 N–H and O–H groups in total. The quantitative estimate of drug-likeness (QED) is 0.837. The molecule has 0 aromatic heterocycles. The third kappa shape index (κ3) is 4.37. The third-order valence-corrected chi connectivity index (χ3v) is 2.75. The molecule has 1 aromatic carbocycles. The van der Waals surface area contributed by atoms with Crippen LogP contribution in [0.1, 0.15) is 25.5 Å². The van der Waals surface area contributed by atoms with Gasteiger partial charge in [-0.1, -0.05) is 19.1 Å². The Morgan fingerprint density at radius 1 is 1.33 bits per heavy atom. The molecule has 0 saturated heterocycles. The van der Waals surface area contributed by atoms with E-state index >= 15 is 0 Å². The van der Waals surface area contributed by atoms with Crippen molar-refractivity contribution in [2.24, 2.45) is 0 Å². The minimum Gasteiger partial charge on any atom is -0.484 e. The van der Waals surface area contributed by atoms with Crippen molar-refractivity contribution in [1.29, 1.82) is 0 Å². The highest BCUT2D eigenvalue weighted by Gasteiger charge is 2.06. The number of benzene rings is 1. The molecule has 0 saturated carbocycles. The Morgan fingerprint density at radius 2 is 1.94 bits per heavy atom. The summed E-state index contributed by atoms with van der Waals surface area (Å²) in [5.74, 6) is 0.678. The van der Waals surface area contributed by atoms with E-state index in [0.29, 0.717) is 6.04 Å². The van der Waals surface area contributed by atoms with Crippen molar-refractivity contribution in [3.05, 3.63) is 29.8 Å². The minimum absolute atomic E-state index is 0.0416. The second-order valence-electron chi connectivity index (χ2n) is 4.43. The molecule has 1 atom stereocenters. The van der Waals surface area contributed by atoms with E-state index in [4.69, 9.17) is 4.74 Å². The largest absolute Gasteiger partial charge is 0.484 e. The van der Waals surface area contributed by atoms with Crippen LogP contribution >= 0.6 is 0 Å². The fraction of sp³-hybridized carbons (Fsp3) is 0.500. The van der Waals surface area contributed by atoms with Gasteiger partial charge in [-0.05, 0) is 31.2 Å². The van der Waals surface area contributed by atoms with E-state index < -0.39 is 0 Å². The van der Waals surface area contributed by atoms with Crippen LogP contribution < -0.4 is 10.1 Å². The summed E-state index contributed by atoms with van der Waals surface area (Å²) in [6.07, 6.45) is 0. The maximum atomic E-state index is 11.4. The van der Waals surface area contributed by atoms with Crippen LogP contribution in [0.25, 0.3) is 0 Å². The Morgan fingerprint density at radius 3 is 2.44 bits per heavy atom. The molecule has 0 spiro atoms. The van der Waals surface area contributed by atoms with Crippen LogP contribution in [0.2, 0.25) is 0 Å². The first-order valence-electron chi connectivity index (χ1n) is 6.21. The molecule has 0 bridgehead atoms. The number of carbonyl (C=O) groups is 1. The molecule has 0 radical (unpaired) electrons. The van der Waals surface area contributed by atoms with Crippen LogP contribution in [0.3, 0.4) is 0 Å². The maximum Gasteiger partial charge on any atom is 0.259 e. The second kappa shape index (κ2) is 7.01. The lowest BCUT2D eigenvalue weighted by Gasteiger charge is -2.14. The van der Waals surface area contributed by atoms with E-state index in [2.05, 4.69) is 19.2 Å². The number of hydrogen-bond acceptors (Lipinski definition) is 3. The normalized spacial score (nSPS) is 12.0. The summed E-state index contributed by atoms with van der Waals surface area (Å²) in [4.78, 5) is 12.9. The standard InChI is InChI=1S/C14H22N2O2/c1-5-15-11(2)12-6-8-13(9-7-12)18-10-14(17)16(3)4/h6-9,11,15H,5,10H2,1-4H3. The predicted octanol–water partition coefficient (Wildman–Crippen LogP) is 1.82. The second-order valence-corrected chi connectivity index (χ2v) is 4.43. The third-order valence-electron chi connectivity index (χ3n) is 2.75. The van der Waals surface area contributed by atoms with Gasteiger partial charge in [0, 0.05) is 20.1 Å². The molecule has 0 fully saturated rings. The zero-order chi connectivity index (χ0) is 13.5. The molecule has 18 heavy (non-hydrogen) atoms. The SMILES string of the molecule is CCNC(C)c1ccc(OCC(=O)N(C)C)cc1. The van der Waals surface area contributed by atoms with Crippen molar-refractivity contribution in [3.63, 3.8) is 0 Å². The van der Waals surface area contributed by atoms with Crippen LogP contribution in [0.4, 0.5) is 0 Å². The van der Waals surface area contributed by atoms with Crippen molar-refractivity contribution < 1.29 is 9.53 Å². The summed E-state index contributed by atoms with van der Waals surface area (Å²) in [7, 11) is 3.43. The Labute approximate surface area is 109 Å². The number of nitrogens with zero attached hydrogens (tertiary/aromatic N) is 1. The molecule has 0 heterocycles. The van der Waals surface area contributed by atoms with Crippen molar-refractivity contribution in [2.75, 3.05) is 27.2 Å². The number of rotatable bonds is 6. The average Bonchev–Trinajstić information content (AvgIpc) is 2.36. The molecule has 1 rings (SSSR count). The molecule has 0 aliphatic rings. The number of hydrogen-bond donors (Lipinski definition) is 1. The summed E-state index contributed by atoms with van der Waals surface area (Å²) < 4.78 is 5.41. The van der Waals surface area contributed by atoms with Gasteiger partial charge in [0.25, 0.3) is 5.91 Å². The number of nitrogens with one attached hydrogen (secondary N) is 1. The van der Waals surface area contributed by atoms with E-state index in [1.54, 1.807) is 14.1 Å². The highest BCUT2D eigenvalue weighted by Crippen LogP contribution is 2.17. The number of amides is 1. The zero-order valence-electron chi connectivity index (χ0n) is 11.6. The Hall–Kier alpha value is -1.55. The van der Waals surface area contributed by atoms with Gasteiger partial charge in [-0.15, -0.1) is 0 Å². The van der Waals surface area contributed by atoms with Gasteiger partial charge in [-0.3, -0.25) is 4.79 Å². The van der Waals surface area contributed by atoms with E-state index in [-0.39, 0.29) is 12.5 Å². The summed E-state index contributed by atoms with van der Waals surface area (Å²) >= 11 is 0. The zero-order valence-corrected chi connectivity index (χ0v) is 11.6. The monoisotopic (exact) mass is 250 g/mol. The van der Waals surface area contributed by atoms with Crippen LogP contribution in [0.5, 0.6) is 5.75 Å². The van der Waals surface area contributed by atoms with E-state index in [0.717, 1.165) is 12.3 Å². The minimum atomic E-state index is -0.0416. The molecular formula is C14H22N2O2. The van der Waals surface area contributed by atoms with Gasteiger partial charge >= 0.3 is 0 Å². The highest BCUT2D eigenvalue weighted by molar-refractivity contribution is 5.77. The number of likely N-dealkylation sites (N-methyl/N-ethyl adjacent to an activating group) is 1. The van der Waals surface area contributed by atoms with Crippen LogP contribution in [-0.2, 0) is 4.79 Å². The molecular weight excluding hydrogens is 228 g/mol. The fourth-order valence-corrected chi connectivity index (χ4v) is 1.55. The number of carbonyl (C=O) groups excluding carboxylic acids is 1. The van der Waals surface area contributed by atoms with Crippen LogP contribution in [0, 0.1) is 0 Å². The number of ether oxygens (including phenoxy) is 1. The van der Waals surface area contributed by atoms with Crippen LogP contribution in [0.15, 0.2) is 24.3 Å². The average molecular weight is 250 g/mol. The van der Waals surface area contributed by atoms with Gasteiger partial charge in [-0.2, -0.15) is 0 Å². The van der Waals surface area contributed by atoms with Crippen molar-refractivity contribution in [3.8, 4) is 5.75 Å². The molecule has 0 aliphatic carbocycles. The first-order chi connectivity index (χ1) is 8.54. The summed E-state index contributed by atoms with van der Waals surface area (Å²) in [6, 6.07) is 8.15. The fourth-order valence-electron chi connectivity index (χ4n) is 1.55. The lowest BCUT2D eigenvalue weighted by molar-refractivity contribution is -0.130. The summed E-state index contributed by atoms with van der Waals surface area (Å²) in [5.41, 5.74) is 1.21. The van der Waals surface area contributed by atoms with Gasteiger partial charge in [-0.25, -0.2) is 0 Å². The molecule has 100 valence electrons. The maximum absolute atomic E-state index is 11.4. The van der Waals surface area contributed by atoms with Crippen molar-refractivity contribution >= 4 is 5.91 Å². The first kappa shape index (κ1) is 14.5. The van der Waals surface area contributed by atoms with E-state index in [9.17, 15) is 4.79 Å².